The molecule has 0 aliphatic heterocycles. The van der Waals surface area contributed by atoms with Gasteiger partial charge in [-0.1, -0.05) is 43.3 Å². The minimum atomic E-state index is -0.747. The molecule has 1 saturated carbocycles. The van der Waals surface area contributed by atoms with E-state index >= 15 is 0 Å². The molecule has 1 aliphatic carbocycles. The highest BCUT2D eigenvalue weighted by molar-refractivity contribution is 6.03. The molecule has 1 fully saturated rings. The van der Waals surface area contributed by atoms with E-state index in [1.165, 1.54) is 11.3 Å². The maximum atomic E-state index is 13.3. The van der Waals surface area contributed by atoms with Gasteiger partial charge in [0, 0.05) is 17.4 Å². The van der Waals surface area contributed by atoms with Crippen molar-refractivity contribution in [2.45, 2.75) is 64.8 Å². The molecule has 4 rings (SSSR count). The number of rotatable bonds is 10. The standard InChI is InChI=1S/C29H34N2O3/c1-4-20(3)31-24(12-8-11-21-9-6-5-7-10-21)13-14-27(31)28(32)30-23-16-19(2)15-22(17-23)25-18-26(25)29(33)34/h5-7,9-10,13-17,20,25-26H,4,8,11-12,18H2,1-3H3,(H,30,32)(H,33,34)/t20-,25-,26-/m0/s1. The molecule has 0 saturated heterocycles. The third-order valence-corrected chi connectivity index (χ3v) is 6.90. The van der Waals surface area contributed by atoms with Crippen LogP contribution in [-0.2, 0) is 17.6 Å². The number of aliphatic carboxylic acids is 1. The number of anilines is 1. The van der Waals surface area contributed by atoms with Gasteiger partial charge in [-0.3, -0.25) is 9.59 Å². The number of nitrogens with zero attached hydrogens (tertiary/aromatic N) is 1. The smallest absolute Gasteiger partial charge is 0.307 e. The summed E-state index contributed by atoms with van der Waals surface area (Å²) in [6, 6.07) is 20.6. The molecular weight excluding hydrogens is 424 g/mol. The molecule has 0 spiro atoms. The van der Waals surface area contributed by atoms with Crippen molar-refractivity contribution in [3.63, 3.8) is 0 Å². The Balaban J connectivity index is 1.49. The zero-order chi connectivity index (χ0) is 24.2. The van der Waals surface area contributed by atoms with Gasteiger partial charge in [-0.05, 0) is 92.8 Å². The van der Waals surface area contributed by atoms with E-state index in [2.05, 4.69) is 54.1 Å². The Morgan fingerprint density at radius 1 is 1.09 bits per heavy atom. The van der Waals surface area contributed by atoms with E-state index in [9.17, 15) is 14.7 Å². The molecule has 5 heteroatoms. The first-order valence-corrected chi connectivity index (χ1v) is 12.3. The van der Waals surface area contributed by atoms with E-state index in [4.69, 9.17) is 0 Å². The number of amides is 1. The van der Waals surface area contributed by atoms with Crippen molar-refractivity contribution >= 4 is 17.6 Å². The van der Waals surface area contributed by atoms with Crippen LogP contribution >= 0.6 is 0 Å². The fourth-order valence-corrected chi connectivity index (χ4v) is 4.83. The lowest BCUT2D eigenvalue weighted by molar-refractivity contribution is -0.138. The van der Waals surface area contributed by atoms with Crippen molar-refractivity contribution in [3.05, 3.63) is 88.7 Å². The normalized spacial score (nSPS) is 17.9. The molecule has 5 nitrogen and oxygen atoms in total. The molecule has 1 aromatic heterocycles. The predicted octanol–water partition coefficient (Wildman–Crippen LogP) is 6.38. The summed E-state index contributed by atoms with van der Waals surface area (Å²) >= 11 is 0. The Hall–Kier alpha value is -3.34. The fraction of sp³-hybridized carbons (Fsp3) is 0.379. The molecule has 2 N–H and O–H groups in total. The van der Waals surface area contributed by atoms with Crippen molar-refractivity contribution in [1.29, 1.82) is 0 Å². The van der Waals surface area contributed by atoms with Gasteiger partial charge < -0.3 is 15.0 Å². The minimum absolute atomic E-state index is 0.0354. The second-order valence-corrected chi connectivity index (χ2v) is 9.55. The second-order valence-electron chi connectivity index (χ2n) is 9.55. The Kier molecular flexibility index (Phi) is 7.20. The Morgan fingerprint density at radius 2 is 1.85 bits per heavy atom. The van der Waals surface area contributed by atoms with Crippen molar-refractivity contribution in [2.24, 2.45) is 5.92 Å². The summed E-state index contributed by atoms with van der Waals surface area (Å²) in [6.07, 6.45) is 4.56. The van der Waals surface area contributed by atoms with Crippen LogP contribution in [0.25, 0.3) is 0 Å². The Bertz CT molecular complexity index is 1170. The van der Waals surface area contributed by atoms with Gasteiger partial charge in [-0.25, -0.2) is 0 Å². The molecule has 2 aromatic carbocycles. The summed E-state index contributed by atoms with van der Waals surface area (Å²) in [7, 11) is 0. The largest absolute Gasteiger partial charge is 0.481 e. The van der Waals surface area contributed by atoms with Gasteiger partial charge in [0.25, 0.3) is 5.91 Å². The first kappa shape index (κ1) is 23.8. The number of benzene rings is 2. The molecule has 1 amide bonds. The van der Waals surface area contributed by atoms with Crippen molar-refractivity contribution < 1.29 is 14.7 Å². The quantitative estimate of drug-likeness (QED) is 0.370. The van der Waals surface area contributed by atoms with Crippen molar-refractivity contribution in [3.8, 4) is 0 Å². The lowest BCUT2D eigenvalue weighted by Crippen LogP contribution is -2.20. The van der Waals surface area contributed by atoms with Gasteiger partial charge in [-0.2, -0.15) is 0 Å². The number of carbonyl (C=O) groups excluding carboxylic acids is 1. The van der Waals surface area contributed by atoms with Crippen LogP contribution in [-0.4, -0.2) is 21.6 Å². The van der Waals surface area contributed by atoms with Crippen LogP contribution in [0.3, 0.4) is 0 Å². The summed E-state index contributed by atoms with van der Waals surface area (Å²) in [4.78, 5) is 24.6. The monoisotopic (exact) mass is 458 g/mol. The topological polar surface area (TPSA) is 71.3 Å². The molecule has 0 bridgehead atoms. The maximum Gasteiger partial charge on any atom is 0.307 e. The molecule has 0 unspecified atom stereocenters. The molecular formula is C29H34N2O3. The van der Waals surface area contributed by atoms with Crippen molar-refractivity contribution in [2.75, 3.05) is 5.32 Å². The lowest BCUT2D eigenvalue weighted by Gasteiger charge is -2.20. The summed E-state index contributed by atoms with van der Waals surface area (Å²) in [5.41, 5.74) is 5.91. The van der Waals surface area contributed by atoms with E-state index in [0.29, 0.717) is 12.1 Å². The molecule has 3 atom stereocenters. The highest BCUT2D eigenvalue weighted by Crippen LogP contribution is 2.48. The van der Waals surface area contributed by atoms with Crippen LogP contribution in [0, 0.1) is 12.8 Å². The number of aryl methyl sites for hydroxylation is 3. The Morgan fingerprint density at radius 3 is 2.53 bits per heavy atom. The lowest BCUT2D eigenvalue weighted by atomic mass is 10.0. The third kappa shape index (κ3) is 5.41. The average Bonchev–Trinajstić information content (AvgIpc) is 3.52. The molecule has 1 aliphatic rings. The van der Waals surface area contributed by atoms with Crippen LogP contribution in [0.1, 0.15) is 77.9 Å². The van der Waals surface area contributed by atoms with Crippen LogP contribution in [0.4, 0.5) is 5.69 Å². The molecule has 178 valence electrons. The van der Waals surface area contributed by atoms with Crippen LogP contribution in [0.2, 0.25) is 0 Å². The van der Waals surface area contributed by atoms with E-state index in [-0.39, 0.29) is 23.8 Å². The van der Waals surface area contributed by atoms with Crippen LogP contribution in [0.5, 0.6) is 0 Å². The molecule has 0 radical (unpaired) electrons. The summed E-state index contributed by atoms with van der Waals surface area (Å²) in [6.45, 7) is 6.27. The average molecular weight is 459 g/mol. The number of hydrogen-bond acceptors (Lipinski definition) is 2. The van der Waals surface area contributed by atoms with Gasteiger partial charge >= 0.3 is 5.97 Å². The first-order chi connectivity index (χ1) is 16.4. The van der Waals surface area contributed by atoms with Crippen LogP contribution in [0.15, 0.2) is 60.7 Å². The number of carboxylic acids is 1. The highest BCUT2D eigenvalue weighted by Gasteiger charge is 2.44. The summed E-state index contributed by atoms with van der Waals surface area (Å²) in [5.74, 6) is -1.15. The first-order valence-electron chi connectivity index (χ1n) is 12.3. The Labute approximate surface area is 201 Å². The zero-order valence-electron chi connectivity index (χ0n) is 20.3. The van der Waals surface area contributed by atoms with Gasteiger partial charge in [0.05, 0.1) is 5.92 Å². The number of hydrogen-bond donors (Lipinski definition) is 2. The van der Waals surface area contributed by atoms with E-state index in [1.54, 1.807) is 0 Å². The van der Waals surface area contributed by atoms with Gasteiger partial charge in [0.2, 0.25) is 0 Å². The van der Waals surface area contributed by atoms with E-state index < -0.39 is 5.97 Å². The summed E-state index contributed by atoms with van der Waals surface area (Å²) < 4.78 is 2.18. The SMILES string of the molecule is CC[C@H](C)n1c(CCCc2ccccc2)ccc1C(=O)Nc1cc(C)cc([C@@H]2C[C@@H]2C(=O)O)c1. The van der Waals surface area contributed by atoms with Crippen molar-refractivity contribution in [1.82, 2.24) is 4.57 Å². The number of nitrogens with one attached hydrogen (secondary N) is 1. The molecule has 34 heavy (non-hydrogen) atoms. The van der Waals surface area contributed by atoms with E-state index in [1.807, 2.05) is 37.3 Å². The fourth-order valence-electron chi connectivity index (χ4n) is 4.83. The van der Waals surface area contributed by atoms with Gasteiger partial charge in [-0.15, -0.1) is 0 Å². The predicted molar refractivity (Wildman–Crippen MR) is 136 cm³/mol. The molecule has 1 heterocycles. The van der Waals surface area contributed by atoms with Crippen LogP contribution < -0.4 is 5.32 Å². The van der Waals surface area contributed by atoms with Gasteiger partial charge in [0.15, 0.2) is 0 Å². The third-order valence-electron chi connectivity index (χ3n) is 6.90. The number of aromatic nitrogens is 1. The minimum Gasteiger partial charge on any atom is -0.481 e. The van der Waals surface area contributed by atoms with Gasteiger partial charge in [0.1, 0.15) is 5.69 Å². The summed E-state index contributed by atoms with van der Waals surface area (Å²) in [5, 5.41) is 12.4. The maximum absolute atomic E-state index is 13.3. The molecule has 3 aromatic rings. The second kappa shape index (κ2) is 10.3. The van der Waals surface area contributed by atoms with E-state index in [0.717, 1.165) is 42.5 Å². The highest BCUT2D eigenvalue weighted by atomic mass is 16.4. The number of carbonyl (C=O) groups is 2. The number of carboxylic acid groups (broad SMARTS) is 1. The zero-order valence-corrected chi connectivity index (χ0v) is 20.3.